The third-order valence-electron chi connectivity index (χ3n) is 4.23. The molecule has 1 aromatic carbocycles. The Hall–Kier alpha value is -1.63. The highest BCUT2D eigenvalue weighted by atomic mass is 35.5. The molecule has 1 aromatic rings. The zero-order valence-corrected chi connectivity index (χ0v) is 15.3. The van der Waals surface area contributed by atoms with Gasteiger partial charge in [-0.15, -0.1) is 0 Å². The van der Waals surface area contributed by atoms with Crippen LogP contribution in [0.1, 0.15) is 26.3 Å². The molecule has 130 valence electrons. The number of Topliss-reactive ketones (excluding diaryl/α,β-unsaturated/α-hetero) is 1. The molecule has 1 aliphatic heterocycles. The molecule has 2 rings (SSSR count). The summed E-state index contributed by atoms with van der Waals surface area (Å²) >= 11 is 12.0. The van der Waals surface area contributed by atoms with Gasteiger partial charge in [-0.2, -0.15) is 0 Å². The molecule has 3 amide bonds. The van der Waals surface area contributed by atoms with E-state index in [1.54, 1.807) is 26.0 Å². The van der Waals surface area contributed by atoms with Gasteiger partial charge < -0.3 is 10.1 Å². The predicted octanol–water partition coefficient (Wildman–Crippen LogP) is 2.75. The van der Waals surface area contributed by atoms with E-state index < -0.39 is 23.1 Å². The van der Waals surface area contributed by atoms with E-state index in [4.69, 9.17) is 27.9 Å². The molecule has 0 bridgehead atoms. The van der Waals surface area contributed by atoms with Crippen molar-refractivity contribution in [3.8, 4) is 0 Å². The minimum Gasteiger partial charge on any atom is -0.371 e. The summed E-state index contributed by atoms with van der Waals surface area (Å²) in [5.74, 6) is -0.947. The Morgan fingerprint density at radius 3 is 2.50 bits per heavy atom. The monoisotopic (exact) mass is 372 g/mol. The highest BCUT2D eigenvalue weighted by Crippen LogP contribution is 2.35. The van der Waals surface area contributed by atoms with E-state index in [0.717, 1.165) is 4.90 Å². The Kier molecular flexibility index (Phi) is 4.95. The number of carbonyl (C=O) groups excluding carboxylic acids is 3. The molecule has 1 saturated heterocycles. The number of hydrogen-bond donors (Lipinski definition) is 1. The molecule has 1 aliphatic rings. The fourth-order valence-electron chi connectivity index (χ4n) is 2.37. The zero-order valence-electron chi connectivity index (χ0n) is 13.8. The van der Waals surface area contributed by atoms with Gasteiger partial charge in [-0.05, 0) is 32.9 Å². The molecular formula is C16H18Cl2N2O4. The molecule has 0 aromatic heterocycles. The van der Waals surface area contributed by atoms with Crippen LogP contribution in [0, 0.1) is 0 Å². The number of carbonyl (C=O) groups is 3. The van der Waals surface area contributed by atoms with E-state index >= 15 is 0 Å². The van der Waals surface area contributed by atoms with Crippen LogP contribution in [-0.4, -0.2) is 41.9 Å². The van der Waals surface area contributed by atoms with Crippen molar-refractivity contribution < 1.29 is 19.1 Å². The molecule has 1 heterocycles. The molecule has 6 nitrogen and oxygen atoms in total. The van der Waals surface area contributed by atoms with Gasteiger partial charge in [-0.25, -0.2) is 4.79 Å². The van der Waals surface area contributed by atoms with Crippen molar-refractivity contribution in [3.63, 3.8) is 0 Å². The summed E-state index contributed by atoms with van der Waals surface area (Å²) in [4.78, 5) is 38.1. The fourth-order valence-corrected chi connectivity index (χ4v) is 2.96. The van der Waals surface area contributed by atoms with Crippen molar-refractivity contribution >= 4 is 40.9 Å². The Morgan fingerprint density at radius 1 is 1.33 bits per heavy atom. The van der Waals surface area contributed by atoms with Crippen LogP contribution in [-0.2, 0) is 19.9 Å². The van der Waals surface area contributed by atoms with Crippen molar-refractivity contribution in [1.82, 2.24) is 10.2 Å². The zero-order chi connectivity index (χ0) is 18.3. The summed E-state index contributed by atoms with van der Waals surface area (Å²) in [7, 11) is 1.39. The minimum absolute atomic E-state index is 0.254. The summed E-state index contributed by atoms with van der Waals surface area (Å²) in [5.41, 5.74) is -2.05. The van der Waals surface area contributed by atoms with Gasteiger partial charge in [-0.1, -0.05) is 29.3 Å². The molecule has 1 N–H and O–H groups in total. The molecule has 8 heteroatoms. The van der Waals surface area contributed by atoms with E-state index in [2.05, 4.69) is 5.32 Å². The quantitative estimate of drug-likeness (QED) is 0.806. The highest BCUT2D eigenvalue weighted by Gasteiger charge is 2.51. The maximum absolute atomic E-state index is 12.8. The van der Waals surface area contributed by atoms with Crippen molar-refractivity contribution in [2.24, 2.45) is 0 Å². The number of hydrogen-bond acceptors (Lipinski definition) is 4. The first-order valence-corrected chi connectivity index (χ1v) is 7.96. The number of halogens is 2. The van der Waals surface area contributed by atoms with Gasteiger partial charge in [0, 0.05) is 22.7 Å². The van der Waals surface area contributed by atoms with Crippen molar-refractivity contribution in [2.75, 3.05) is 13.7 Å². The number of benzene rings is 1. The average Bonchev–Trinajstić information content (AvgIpc) is 2.71. The normalized spacial score (nSPS) is 21.2. The number of amides is 3. The maximum Gasteiger partial charge on any atom is 0.325 e. The highest BCUT2D eigenvalue weighted by molar-refractivity contribution is 6.35. The summed E-state index contributed by atoms with van der Waals surface area (Å²) in [6.07, 6.45) is 0. The molecule has 1 fully saturated rings. The van der Waals surface area contributed by atoms with Crippen molar-refractivity contribution in [1.29, 1.82) is 0 Å². The Balaban J connectivity index is 2.33. The van der Waals surface area contributed by atoms with Crippen molar-refractivity contribution in [2.45, 2.75) is 31.9 Å². The second-order valence-corrected chi connectivity index (χ2v) is 7.05. The maximum atomic E-state index is 12.8. The topological polar surface area (TPSA) is 75.7 Å². The first-order chi connectivity index (χ1) is 11.0. The summed E-state index contributed by atoms with van der Waals surface area (Å²) in [5, 5.41) is 3.27. The number of urea groups is 1. The van der Waals surface area contributed by atoms with E-state index in [9.17, 15) is 14.4 Å². The van der Waals surface area contributed by atoms with Crippen LogP contribution in [0.25, 0.3) is 0 Å². The van der Waals surface area contributed by atoms with Crippen LogP contribution in [0.15, 0.2) is 18.2 Å². The van der Waals surface area contributed by atoms with Crippen LogP contribution in [0.2, 0.25) is 10.0 Å². The number of methoxy groups -OCH3 is 1. The van der Waals surface area contributed by atoms with E-state index in [0.29, 0.717) is 10.6 Å². The van der Waals surface area contributed by atoms with Gasteiger partial charge in [0.1, 0.15) is 11.1 Å². The first-order valence-electron chi connectivity index (χ1n) is 7.21. The van der Waals surface area contributed by atoms with Crippen molar-refractivity contribution in [3.05, 3.63) is 33.8 Å². The predicted molar refractivity (Wildman–Crippen MR) is 90.2 cm³/mol. The number of imide groups is 1. The number of nitrogens with one attached hydrogen (secondary N) is 1. The minimum atomic E-state index is -1.36. The molecule has 1 atom stereocenters. The third-order valence-corrected chi connectivity index (χ3v) is 4.78. The van der Waals surface area contributed by atoms with Crippen LogP contribution in [0.4, 0.5) is 4.79 Å². The SMILES string of the molecule is COC(C)(C)C(=O)CN1C(=O)N[C@@](C)(c2ccc(Cl)cc2Cl)C1=O. The molecule has 0 radical (unpaired) electrons. The Morgan fingerprint density at radius 2 is 1.96 bits per heavy atom. The smallest absolute Gasteiger partial charge is 0.325 e. The number of rotatable bonds is 5. The lowest BCUT2D eigenvalue weighted by molar-refractivity contribution is -0.142. The lowest BCUT2D eigenvalue weighted by atomic mass is 9.91. The summed E-state index contributed by atoms with van der Waals surface area (Å²) in [6, 6.07) is 3.99. The van der Waals surface area contributed by atoms with Gasteiger partial charge in [0.15, 0.2) is 5.78 Å². The van der Waals surface area contributed by atoms with Gasteiger partial charge in [-0.3, -0.25) is 14.5 Å². The molecule has 0 unspecified atom stereocenters. The fraction of sp³-hybridized carbons (Fsp3) is 0.438. The number of nitrogens with zero attached hydrogens (tertiary/aromatic N) is 1. The lowest BCUT2D eigenvalue weighted by Crippen LogP contribution is -2.45. The van der Waals surface area contributed by atoms with Crippen LogP contribution in [0.3, 0.4) is 0 Å². The number of ketones is 1. The molecule has 0 spiro atoms. The van der Waals surface area contributed by atoms with E-state index in [1.165, 1.54) is 20.1 Å². The van der Waals surface area contributed by atoms with E-state index in [-0.39, 0.29) is 17.4 Å². The van der Waals surface area contributed by atoms with Gasteiger partial charge in [0.25, 0.3) is 5.91 Å². The summed E-state index contributed by atoms with van der Waals surface area (Å²) < 4.78 is 5.09. The molecular weight excluding hydrogens is 355 g/mol. The standard InChI is InChI=1S/C16H18Cl2N2O4/c1-15(2,24-4)12(21)8-20-13(22)16(3,19-14(20)23)10-6-5-9(17)7-11(10)18/h5-7H,8H2,1-4H3,(H,19,23)/t16-/m0/s1. The largest absolute Gasteiger partial charge is 0.371 e. The van der Waals surface area contributed by atoms with Crippen LogP contribution < -0.4 is 5.32 Å². The molecule has 24 heavy (non-hydrogen) atoms. The lowest BCUT2D eigenvalue weighted by Gasteiger charge is -2.25. The second-order valence-electron chi connectivity index (χ2n) is 6.21. The Labute approximate surface area is 150 Å². The first kappa shape index (κ1) is 18.7. The second kappa shape index (κ2) is 6.35. The Bertz CT molecular complexity index is 720. The number of ether oxygens (including phenoxy) is 1. The van der Waals surface area contributed by atoms with Crippen LogP contribution in [0.5, 0.6) is 0 Å². The van der Waals surface area contributed by atoms with E-state index in [1.807, 2.05) is 0 Å². The summed E-state index contributed by atoms with van der Waals surface area (Å²) in [6.45, 7) is 4.30. The third kappa shape index (κ3) is 3.14. The molecule has 0 aliphatic carbocycles. The van der Waals surface area contributed by atoms with Crippen LogP contribution >= 0.6 is 23.2 Å². The van der Waals surface area contributed by atoms with Gasteiger partial charge in [0.05, 0.1) is 6.54 Å². The van der Waals surface area contributed by atoms with Gasteiger partial charge >= 0.3 is 6.03 Å². The molecule has 0 saturated carbocycles. The average molecular weight is 373 g/mol. The van der Waals surface area contributed by atoms with Gasteiger partial charge in [0.2, 0.25) is 0 Å².